The Morgan fingerprint density at radius 3 is 1.06 bits per heavy atom. The zero-order valence-electron chi connectivity index (χ0n) is 52.3. The normalized spacial score (nSPS) is 13.9. The van der Waals surface area contributed by atoms with Crippen LogP contribution in [0.15, 0.2) is 109 Å². The number of unbranched alkanes of at least 4 members (excludes halogenated alkanes) is 27. The Bertz CT molecular complexity index is 1720. The first kappa shape index (κ1) is 76.7. The summed E-state index contributed by atoms with van der Waals surface area (Å²) in [7, 11) is 1.46. The molecule has 0 saturated heterocycles. The van der Waals surface area contributed by atoms with Crippen LogP contribution >= 0.6 is 7.82 Å². The molecule has 10 heteroatoms. The van der Waals surface area contributed by atoms with Crippen LogP contribution in [0.25, 0.3) is 0 Å². The minimum absolute atomic E-state index is 0.0257. The number of ether oxygens (including phenoxy) is 2. The Hall–Kier alpha value is -3.33. The lowest BCUT2D eigenvalue weighted by atomic mass is 10.0. The van der Waals surface area contributed by atoms with E-state index < -0.39 is 26.5 Å². The number of carbonyl (C=O) groups excluding carboxylic acids is 2. The summed E-state index contributed by atoms with van der Waals surface area (Å²) < 4.78 is 34.6. The van der Waals surface area contributed by atoms with E-state index in [2.05, 4.69) is 123 Å². The predicted molar refractivity (Wildman–Crippen MR) is 344 cm³/mol. The van der Waals surface area contributed by atoms with Crippen LogP contribution in [0.1, 0.15) is 271 Å². The molecule has 0 aliphatic rings. The van der Waals surface area contributed by atoms with Gasteiger partial charge in [0.25, 0.3) is 0 Å². The first-order valence-corrected chi connectivity index (χ1v) is 34.1. The number of nitrogens with zero attached hydrogens (tertiary/aromatic N) is 1. The third kappa shape index (κ3) is 63.8. The molecule has 80 heavy (non-hydrogen) atoms. The summed E-state index contributed by atoms with van der Waals surface area (Å²) in [5, 5.41) is 0. The fourth-order valence-electron chi connectivity index (χ4n) is 8.79. The molecular weight excluding hydrogens is 1010 g/mol. The monoisotopic (exact) mass is 1140 g/mol. The van der Waals surface area contributed by atoms with Gasteiger partial charge in [0.15, 0.2) is 6.10 Å². The highest BCUT2D eigenvalue weighted by atomic mass is 31.2. The SMILES string of the molecule is CC/C=C\C/C=C\C/C=C\C/C=C\C/C=C\C/C=C\CCCCCCCCCCCCCCCCCCC(=O)OC(COC(=O)CCCCCCCC/C=C\C/C=C\C/C=C\CCCCCCC)COP(=O)(O)OCC[N+](C)(C)C. The Labute approximate surface area is 493 Å². The van der Waals surface area contributed by atoms with Gasteiger partial charge < -0.3 is 18.9 Å². The Morgan fingerprint density at radius 2 is 0.713 bits per heavy atom. The molecule has 0 rings (SSSR count). The van der Waals surface area contributed by atoms with E-state index in [4.69, 9.17) is 18.5 Å². The molecule has 0 radical (unpaired) electrons. The van der Waals surface area contributed by atoms with Crippen LogP contribution < -0.4 is 0 Å². The molecule has 0 aromatic rings. The van der Waals surface area contributed by atoms with Gasteiger partial charge in [0.05, 0.1) is 27.7 Å². The van der Waals surface area contributed by atoms with Crippen molar-refractivity contribution < 1.29 is 42.1 Å². The van der Waals surface area contributed by atoms with Crippen molar-refractivity contribution >= 4 is 19.8 Å². The molecule has 9 nitrogen and oxygen atoms in total. The van der Waals surface area contributed by atoms with Crippen LogP contribution in [0.3, 0.4) is 0 Å². The van der Waals surface area contributed by atoms with Crippen LogP contribution in [0.5, 0.6) is 0 Å². The van der Waals surface area contributed by atoms with E-state index in [1.807, 2.05) is 21.1 Å². The van der Waals surface area contributed by atoms with Crippen molar-refractivity contribution in [2.45, 2.75) is 277 Å². The van der Waals surface area contributed by atoms with Gasteiger partial charge in [0.1, 0.15) is 19.8 Å². The average molecular weight is 1140 g/mol. The molecule has 2 atom stereocenters. The quantitative estimate of drug-likeness (QED) is 0.0211. The molecule has 0 saturated carbocycles. The molecule has 0 aromatic heterocycles. The number of allylic oxidation sites excluding steroid dienone is 18. The van der Waals surface area contributed by atoms with Gasteiger partial charge in [-0.3, -0.25) is 18.6 Å². The molecule has 0 heterocycles. The molecule has 0 bridgehead atoms. The van der Waals surface area contributed by atoms with Gasteiger partial charge in [-0.15, -0.1) is 0 Å². The van der Waals surface area contributed by atoms with E-state index in [-0.39, 0.29) is 32.0 Å². The summed E-state index contributed by atoms with van der Waals surface area (Å²) in [6.45, 7) is 4.30. The van der Waals surface area contributed by atoms with E-state index in [9.17, 15) is 19.0 Å². The number of hydrogen-bond acceptors (Lipinski definition) is 7. The highest BCUT2D eigenvalue weighted by Crippen LogP contribution is 2.43. The number of carbonyl (C=O) groups is 2. The highest BCUT2D eigenvalue weighted by Gasteiger charge is 2.27. The molecule has 0 aromatic carbocycles. The number of hydrogen-bond donors (Lipinski definition) is 1. The van der Waals surface area contributed by atoms with E-state index in [1.165, 1.54) is 135 Å². The van der Waals surface area contributed by atoms with Crippen molar-refractivity contribution in [2.24, 2.45) is 0 Å². The van der Waals surface area contributed by atoms with Crippen LogP contribution in [0.4, 0.5) is 0 Å². The molecule has 0 amide bonds. The minimum Gasteiger partial charge on any atom is -0.462 e. The maximum Gasteiger partial charge on any atom is 0.472 e. The van der Waals surface area contributed by atoms with Gasteiger partial charge in [-0.25, -0.2) is 4.57 Å². The largest absolute Gasteiger partial charge is 0.472 e. The van der Waals surface area contributed by atoms with Gasteiger partial charge in [-0.2, -0.15) is 0 Å². The van der Waals surface area contributed by atoms with Crippen molar-refractivity contribution in [1.82, 2.24) is 0 Å². The number of likely N-dealkylation sites (N-methyl/N-ethyl adjacent to an activating group) is 1. The lowest BCUT2D eigenvalue weighted by molar-refractivity contribution is -0.870. The smallest absolute Gasteiger partial charge is 0.462 e. The minimum atomic E-state index is -4.40. The molecule has 1 N–H and O–H groups in total. The average Bonchev–Trinajstić information content (AvgIpc) is 3.42. The lowest BCUT2D eigenvalue weighted by Crippen LogP contribution is -2.37. The molecule has 0 aliphatic carbocycles. The van der Waals surface area contributed by atoms with E-state index in [0.717, 1.165) is 103 Å². The van der Waals surface area contributed by atoms with Crippen LogP contribution in [-0.2, 0) is 32.7 Å². The molecule has 0 fully saturated rings. The summed E-state index contributed by atoms with van der Waals surface area (Å²) in [4.78, 5) is 35.8. The molecule has 0 spiro atoms. The Kier molecular flexibility index (Phi) is 57.8. The summed E-state index contributed by atoms with van der Waals surface area (Å²) in [5.74, 6) is -0.810. The summed E-state index contributed by atoms with van der Waals surface area (Å²) in [6.07, 6.45) is 84.6. The van der Waals surface area contributed by atoms with E-state index in [0.29, 0.717) is 17.4 Å². The van der Waals surface area contributed by atoms with Crippen molar-refractivity contribution in [3.05, 3.63) is 109 Å². The van der Waals surface area contributed by atoms with Gasteiger partial charge in [0.2, 0.25) is 0 Å². The van der Waals surface area contributed by atoms with Crippen molar-refractivity contribution in [3.8, 4) is 0 Å². The zero-order valence-corrected chi connectivity index (χ0v) is 53.2. The predicted octanol–water partition coefficient (Wildman–Crippen LogP) is 20.9. The van der Waals surface area contributed by atoms with Crippen LogP contribution in [0.2, 0.25) is 0 Å². The third-order valence-corrected chi connectivity index (χ3v) is 14.8. The molecule has 0 aliphatic heterocycles. The second-order valence-corrected chi connectivity index (χ2v) is 24.2. The molecular formula is C70H123NO8P+. The first-order chi connectivity index (χ1) is 39.0. The fourth-order valence-corrected chi connectivity index (χ4v) is 9.53. The van der Waals surface area contributed by atoms with Crippen LogP contribution in [0, 0.1) is 0 Å². The second-order valence-electron chi connectivity index (χ2n) is 22.8. The van der Waals surface area contributed by atoms with Crippen molar-refractivity contribution in [3.63, 3.8) is 0 Å². The van der Waals surface area contributed by atoms with Gasteiger partial charge in [-0.05, 0) is 103 Å². The number of rotatable bonds is 59. The third-order valence-electron chi connectivity index (χ3n) is 13.8. The van der Waals surface area contributed by atoms with E-state index in [1.54, 1.807) is 0 Å². The van der Waals surface area contributed by atoms with Crippen LogP contribution in [-0.4, -0.2) is 74.9 Å². The summed E-state index contributed by atoms with van der Waals surface area (Å²) >= 11 is 0. The topological polar surface area (TPSA) is 108 Å². The summed E-state index contributed by atoms with van der Waals surface area (Å²) in [6, 6.07) is 0. The van der Waals surface area contributed by atoms with Crippen molar-refractivity contribution in [1.29, 1.82) is 0 Å². The number of phosphoric acid groups is 1. The molecule has 460 valence electrons. The zero-order chi connectivity index (χ0) is 58.4. The van der Waals surface area contributed by atoms with Crippen molar-refractivity contribution in [2.75, 3.05) is 47.5 Å². The lowest BCUT2D eigenvalue weighted by Gasteiger charge is -2.24. The first-order valence-electron chi connectivity index (χ1n) is 32.6. The second kappa shape index (κ2) is 60.3. The summed E-state index contributed by atoms with van der Waals surface area (Å²) in [5.41, 5.74) is 0. The highest BCUT2D eigenvalue weighted by molar-refractivity contribution is 7.47. The van der Waals surface area contributed by atoms with Gasteiger partial charge >= 0.3 is 19.8 Å². The maximum atomic E-state index is 12.9. The van der Waals surface area contributed by atoms with Gasteiger partial charge in [-0.1, -0.05) is 264 Å². The number of quaternary nitrogens is 1. The maximum absolute atomic E-state index is 12.9. The molecule has 2 unspecified atom stereocenters. The number of esters is 2. The Balaban J connectivity index is 4.09. The Morgan fingerprint density at radius 1 is 0.400 bits per heavy atom. The van der Waals surface area contributed by atoms with E-state index >= 15 is 0 Å². The van der Waals surface area contributed by atoms with Gasteiger partial charge in [0, 0.05) is 12.8 Å². The number of phosphoric ester groups is 1. The fraction of sp³-hybridized carbons (Fsp3) is 0.714. The standard InChI is InChI=1S/C70H122NO8P/c1-6-8-10-12-14-16-18-20-22-24-26-28-29-30-31-32-33-34-35-36-37-38-39-40-41-43-45-47-49-51-53-55-57-59-61-63-70(73)79-68(67-78-80(74,75)77-65-64-71(3,4)5)66-76-69(72)62-60-58-56-54-52-50-48-46-44-42-27-25-23-21-19-17-15-13-11-9-7-2/h8,10,14,16,19-22,25-28,30-31,33-34,44,46,68H,6-7,9,11-13,15,17-18,23-24,29,32,35-43,45,47-67H2,1-5H3/p+1/b10-8-,16-14-,21-19-,22-20-,27-25-,28-26-,31-30-,34-33-,46-44-.